The number of piperidine rings is 1. The molecule has 1 saturated heterocycles. The molecule has 0 aliphatic carbocycles. The van der Waals surface area contributed by atoms with Gasteiger partial charge in [0.05, 0.1) is 12.0 Å². The highest BCUT2D eigenvalue weighted by atomic mass is 16.2. The molecule has 130 valence electrons. The van der Waals surface area contributed by atoms with Gasteiger partial charge in [-0.05, 0) is 31.6 Å². The number of hydrogen-bond acceptors (Lipinski definition) is 3. The summed E-state index contributed by atoms with van der Waals surface area (Å²) in [4.78, 5) is 28.2. The fourth-order valence-electron chi connectivity index (χ4n) is 3.55. The van der Waals surface area contributed by atoms with E-state index >= 15 is 0 Å². The van der Waals surface area contributed by atoms with E-state index in [0.717, 1.165) is 38.9 Å². The minimum absolute atomic E-state index is 0.128. The lowest BCUT2D eigenvalue weighted by atomic mass is 9.83. The molecule has 2 aliphatic rings. The molecule has 0 aromatic rings. The van der Waals surface area contributed by atoms with Gasteiger partial charge < -0.3 is 10.6 Å². The van der Waals surface area contributed by atoms with Gasteiger partial charge in [0.2, 0.25) is 11.8 Å². The monoisotopic (exact) mass is 321 g/mol. The maximum Gasteiger partial charge on any atom is 0.239 e. The van der Waals surface area contributed by atoms with E-state index in [0.29, 0.717) is 6.54 Å². The Kier molecular flexibility index (Phi) is 5.50. The Hall–Kier alpha value is -1.36. The number of nitrogens with two attached hydrogens (primary N) is 1. The van der Waals surface area contributed by atoms with Gasteiger partial charge in [-0.15, -0.1) is 0 Å². The van der Waals surface area contributed by atoms with Crippen LogP contribution in [0, 0.1) is 11.3 Å². The van der Waals surface area contributed by atoms with Crippen LogP contribution < -0.4 is 5.73 Å². The highest BCUT2D eigenvalue weighted by molar-refractivity contribution is 5.83. The van der Waals surface area contributed by atoms with Crippen LogP contribution in [0.5, 0.6) is 0 Å². The molecule has 2 amide bonds. The Morgan fingerprint density at radius 2 is 2.00 bits per heavy atom. The van der Waals surface area contributed by atoms with E-state index in [1.165, 1.54) is 5.57 Å². The van der Waals surface area contributed by atoms with Gasteiger partial charge in [-0.3, -0.25) is 14.5 Å². The molecule has 2 N–H and O–H groups in total. The summed E-state index contributed by atoms with van der Waals surface area (Å²) < 4.78 is 0. The lowest BCUT2D eigenvalue weighted by Crippen LogP contribution is -2.52. The first-order valence-electron chi connectivity index (χ1n) is 8.72. The second-order valence-electron chi connectivity index (χ2n) is 7.93. The van der Waals surface area contributed by atoms with Gasteiger partial charge in [-0.25, -0.2) is 0 Å². The average molecular weight is 321 g/mol. The molecule has 1 fully saturated rings. The van der Waals surface area contributed by atoms with Crippen molar-refractivity contribution in [3.05, 3.63) is 11.6 Å². The highest BCUT2D eigenvalue weighted by Gasteiger charge is 2.32. The smallest absolute Gasteiger partial charge is 0.239 e. The van der Waals surface area contributed by atoms with E-state index in [2.05, 4.69) is 31.7 Å². The largest absolute Gasteiger partial charge is 0.369 e. The van der Waals surface area contributed by atoms with Crippen LogP contribution >= 0.6 is 0 Å². The van der Waals surface area contributed by atoms with Crippen molar-refractivity contribution in [2.24, 2.45) is 17.1 Å². The zero-order valence-electron chi connectivity index (χ0n) is 15.0. The molecule has 0 saturated carbocycles. The third kappa shape index (κ3) is 4.34. The SMILES string of the molecule is C[C@H](C(=O)N1CCC[C@H](C(N)=O)C1)N1CC=C(C(C)(C)C)CC1. The molecule has 5 heteroatoms. The maximum absolute atomic E-state index is 12.8. The van der Waals surface area contributed by atoms with Crippen LogP contribution in [0.3, 0.4) is 0 Å². The van der Waals surface area contributed by atoms with E-state index in [1.807, 2.05) is 11.8 Å². The van der Waals surface area contributed by atoms with Crippen molar-refractivity contribution in [1.82, 2.24) is 9.80 Å². The summed E-state index contributed by atoms with van der Waals surface area (Å²) in [6.45, 7) is 11.7. The number of carbonyl (C=O) groups excluding carboxylic acids is 2. The maximum atomic E-state index is 12.8. The van der Waals surface area contributed by atoms with Gasteiger partial charge >= 0.3 is 0 Å². The summed E-state index contributed by atoms with van der Waals surface area (Å²) in [7, 11) is 0. The number of nitrogens with zero attached hydrogens (tertiary/aromatic N) is 2. The minimum Gasteiger partial charge on any atom is -0.369 e. The Morgan fingerprint density at radius 1 is 1.30 bits per heavy atom. The number of primary amides is 1. The summed E-state index contributed by atoms with van der Waals surface area (Å²) >= 11 is 0. The van der Waals surface area contributed by atoms with Gasteiger partial charge in [0, 0.05) is 26.2 Å². The summed E-state index contributed by atoms with van der Waals surface area (Å²) in [5.74, 6) is -0.344. The summed E-state index contributed by atoms with van der Waals surface area (Å²) in [6.07, 6.45) is 4.95. The quantitative estimate of drug-likeness (QED) is 0.806. The van der Waals surface area contributed by atoms with Gasteiger partial charge in [-0.1, -0.05) is 32.4 Å². The molecule has 0 radical (unpaired) electrons. The van der Waals surface area contributed by atoms with Gasteiger partial charge in [-0.2, -0.15) is 0 Å². The molecule has 2 atom stereocenters. The third-order valence-corrected chi connectivity index (χ3v) is 5.24. The van der Waals surface area contributed by atoms with E-state index in [9.17, 15) is 9.59 Å². The number of amides is 2. The van der Waals surface area contributed by atoms with Gasteiger partial charge in [0.1, 0.15) is 0 Å². The van der Waals surface area contributed by atoms with Crippen molar-refractivity contribution in [2.75, 3.05) is 26.2 Å². The van der Waals surface area contributed by atoms with E-state index in [1.54, 1.807) is 0 Å². The first kappa shape index (κ1) is 18.0. The number of carbonyl (C=O) groups is 2. The Bertz CT molecular complexity index is 493. The third-order valence-electron chi connectivity index (χ3n) is 5.24. The highest BCUT2D eigenvalue weighted by Crippen LogP contribution is 2.30. The molecule has 0 unspecified atom stereocenters. The Labute approximate surface area is 139 Å². The molecule has 0 aromatic heterocycles. The molecular weight excluding hydrogens is 290 g/mol. The lowest BCUT2D eigenvalue weighted by molar-refractivity contribution is -0.139. The normalized spacial score (nSPS) is 25.0. The zero-order valence-corrected chi connectivity index (χ0v) is 15.0. The van der Waals surface area contributed by atoms with Crippen molar-refractivity contribution in [2.45, 2.75) is 53.0 Å². The van der Waals surface area contributed by atoms with Crippen molar-refractivity contribution in [3.63, 3.8) is 0 Å². The van der Waals surface area contributed by atoms with Crippen LogP contribution in [0.4, 0.5) is 0 Å². The molecule has 0 aromatic carbocycles. The number of likely N-dealkylation sites (tertiary alicyclic amines) is 1. The fraction of sp³-hybridized carbons (Fsp3) is 0.778. The van der Waals surface area contributed by atoms with Crippen LogP contribution in [0.1, 0.15) is 47.0 Å². The Morgan fingerprint density at radius 3 is 2.52 bits per heavy atom. The summed E-state index contributed by atoms with van der Waals surface area (Å²) in [5.41, 5.74) is 7.09. The van der Waals surface area contributed by atoms with Crippen LogP contribution in [-0.4, -0.2) is 53.8 Å². The topological polar surface area (TPSA) is 66.6 Å². The van der Waals surface area contributed by atoms with Crippen LogP contribution in [0.25, 0.3) is 0 Å². The predicted octanol–water partition coefficient (Wildman–Crippen LogP) is 1.78. The first-order chi connectivity index (χ1) is 10.7. The van der Waals surface area contributed by atoms with Crippen LogP contribution in [0.15, 0.2) is 11.6 Å². The van der Waals surface area contributed by atoms with E-state index < -0.39 is 0 Å². The summed E-state index contributed by atoms with van der Waals surface area (Å²) in [6, 6.07) is -0.139. The molecule has 23 heavy (non-hydrogen) atoms. The van der Waals surface area contributed by atoms with Gasteiger partial charge in [0.15, 0.2) is 0 Å². The number of rotatable bonds is 3. The van der Waals surface area contributed by atoms with Crippen molar-refractivity contribution in [3.8, 4) is 0 Å². The molecule has 5 nitrogen and oxygen atoms in total. The standard InChI is InChI=1S/C18H31N3O2/c1-13(20-10-7-15(8-11-20)18(2,3)4)17(23)21-9-5-6-14(12-21)16(19)22/h7,13-14H,5-6,8-12H2,1-4H3,(H2,19,22)/t13-,14+/m1/s1. The molecule has 2 aliphatic heterocycles. The molecule has 0 spiro atoms. The number of hydrogen-bond donors (Lipinski definition) is 1. The minimum atomic E-state index is -0.286. The van der Waals surface area contributed by atoms with Crippen molar-refractivity contribution < 1.29 is 9.59 Å². The van der Waals surface area contributed by atoms with Crippen molar-refractivity contribution >= 4 is 11.8 Å². The average Bonchev–Trinajstić information content (AvgIpc) is 2.53. The first-order valence-corrected chi connectivity index (χ1v) is 8.72. The van der Waals surface area contributed by atoms with Crippen molar-refractivity contribution in [1.29, 1.82) is 0 Å². The lowest BCUT2D eigenvalue weighted by Gasteiger charge is -2.38. The van der Waals surface area contributed by atoms with E-state index in [4.69, 9.17) is 5.73 Å². The zero-order chi connectivity index (χ0) is 17.2. The Balaban J connectivity index is 1.95. The second kappa shape index (κ2) is 7.04. The van der Waals surface area contributed by atoms with Crippen LogP contribution in [0.2, 0.25) is 0 Å². The van der Waals surface area contributed by atoms with E-state index in [-0.39, 0.29) is 29.2 Å². The van der Waals surface area contributed by atoms with Gasteiger partial charge in [0.25, 0.3) is 0 Å². The molecular formula is C18H31N3O2. The molecule has 0 bridgehead atoms. The fourth-order valence-corrected chi connectivity index (χ4v) is 3.55. The summed E-state index contributed by atoms with van der Waals surface area (Å²) in [5, 5.41) is 0. The second-order valence-corrected chi connectivity index (χ2v) is 7.93. The molecule has 2 heterocycles. The molecule has 2 rings (SSSR count). The predicted molar refractivity (Wildman–Crippen MR) is 91.7 cm³/mol. The van der Waals surface area contributed by atoms with Crippen LogP contribution in [-0.2, 0) is 9.59 Å².